The zero-order chi connectivity index (χ0) is 24.6. The molecule has 0 bridgehead atoms. The number of thiophene rings is 1. The number of amides is 1. The highest BCUT2D eigenvalue weighted by Crippen LogP contribution is 2.39. The van der Waals surface area contributed by atoms with Crippen LogP contribution in [0.2, 0.25) is 0 Å². The van der Waals surface area contributed by atoms with E-state index >= 15 is 0 Å². The monoisotopic (exact) mass is 510 g/mol. The highest BCUT2D eigenvalue weighted by molar-refractivity contribution is 7.80. The summed E-state index contributed by atoms with van der Waals surface area (Å²) in [6.07, 6.45) is 2.78. The molecule has 0 aliphatic heterocycles. The smallest absolute Gasteiger partial charge is 0.341 e. The van der Waals surface area contributed by atoms with E-state index in [1.807, 2.05) is 30.3 Å². The molecule has 0 saturated carbocycles. The second kappa shape index (κ2) is 11.8. The molecule has 3 aromatic rings. The Balaban J connectivity index is 1.33. The molecule has 9 heteroatoms. The van der Waals surface area contributed by atoms with E-state index in [0.29, 0.717) is 41.7 Å². The van der Waals surface area contributed by atoms with E-state index in [0.717, 1.165) is 35.5 Å². The quantitative estimate of drug-likeness (QED) is 0.238. The van der Waals surface area contributed by atoms with Crippen molar-refractivity contribution in [1.29, 1.82) is 0 Å². The van der Waals surface area contributed by atoms with E-state index in [1.165, 1.54) is 11.3 Å². The highest BCUT2D eigenvalue weighted by Gasteiger charge is 2.28. The molecule has 0 atom stereocenters. The van der Waals surface area contributed by atoms with Gasteiger partial charge in [-0.05, 0) is 74.3 Å². The van der Waals surface area contributed by atoms with E-state index in [4.69, 9.17) is 26.4 Å². The Morgan fingerprint density at radius 2 is 1.74 bits per heavy atom. The fraction of sp³-hybridized carbons (Fsp3) is 0.269. The van der Waals surface area contributed by atoms with Crippen molar-refractivity contribution in [2.75, 3.05) is 25.1 Å². The summed E-state index contributed by atoms with van der Waals surface area (Å²) in [5.74, 6) is 0.569. The standard InChI is InChI=1S/C26H26N2O5S2/c1-2-31-25(30)22-20-12-7-13-21(20)35-24(22)28-26(34)27-23(29)17-8-6-11-19(16-17)33-15-14-32-18-9-4-3-5-10-18/h3-6,8-11,16H,2,7,12-15H2,1H3,(H2,27,28,29,34). The summed E-state index contributed by atoms with van der Waals surface area (Å²) < 4.78 is 16.6. The Kier molecular flexibility index (Phi) is 8.33. The molecule has 0 unspecified atom stereocenters. The number of hydrogen-bond donors (Lipinski definition) is 2. The van der Waals surface area contributed by atoms with Crippen molar-refractivity contribution < 1.29 is 23.8 Å². The average molecular weight is 511 g/mol. The van der Waals surface area contributed by atoms with Crippen LogP contribution in [-0.4, -0.2) is 36.8 Å². The molecule has 0 fully saturated rings. The SMILES string of the molecule is CCOC(=O)c1c(NC(=S)NC(=O)c2cccc(OCCOc3ccccc3)c2)sc2c1CCC2. The number of benzene rings is 2. The lowest BCUT2D eigenvalue weighted by Gasteiger charge is -2.12. The van der Waals surface area contributed by atoms with Crippen LogP contribution in [0.3, 0.4) is 0 Å². The van der Waals surface area contributed by atoms with Crippen LogP contribution in [0.15, 0.2) is 54.6 Å². The van der Waals surface area contributed by atoms with Crippen molar-refractivity contribution in [1.82, 2.24) is 5.32 Å². The van der Waals surface area contributed by atoms with Gasteiger partial charge in [-0.2, -0.15) is 0 Å². The molecule has 1 aliphatic rings. The van der Waals surface area contributed by atoms with Gasteiger partial charge in [0.15, 0.2) is 5.11 Å². The first kappa shape index (κ1) is 24.7. The van der Waals surface area contributed by atoms with Crippen molar-refractivity contribution in [3.63, 3.8) is 0 Å². The van der Waals surface area contributed by atoms with Crippen molar-refractivity contribution >= 4 is 45.5 Å². The molecule has 1 amide bonds. The number of hydrogen-bond acceptors (Lipinski definition) is 7. The van der Waals surface area contributed by atoms with Gasteiger partial charge in [-0.1, -0.05) is 24.3 Å². The second-order valence-electron chi connectivity index (χ2n) is 7.73. The number of nitrogens with one attached hydrogen (secondary N) is 2. The molecule has 2 N–H and O–H groups in total. The molecule has 4 rings (SSSR count). The lowest BCUT2D eigenvalue weighted by Crippen LogP contribution is -2.34. The topological polar surface area (TPSA) is 85.9 Å². The van der Waals surface area contributed by atoms with Crippen molar-refractivity contribution in [2.24, 2.45) is 0 Å². The number of aryl methyl sites for hydroxylation is 1. The summed E-state index contributed by atoms with van der Waals surface area (Å²) in [6.45, 7) is 2.78. The number of carbonyl (C=O) groups excluding carboxylic acids is 2. The van der Waals surface area contributed by atoms with Crippen LogP contribution in [0, 0.1) is 0 Å². The Morgan fingerprint density at radius 3 is 2.51 bits per heavy atom. The van der Waals surface area contributed by atoms with Crippen LogP contribution in [0.4, 0.5) is 5.00 Å². The summed E-state index contributed by atoms with van der Waals surface area (Å²) in [7, 11) is 0. The van der Waals surface area contributed by atoms with Crippen molar-refractivity contribution in [3.05, 3.63) is 76.2 Å². The molecule has 35 heavy (non-hydrogen) atoms. The van der Waals surface area contributed by atoms with E-state index in [1.54, 1.807) is 31.2 Å². The Labute approximate surface area is 213 Å². The number of fused-ring (bicyclic) bond motifs is 1. The van der Waals surface area contributed by atoms with Gasteiger partial charge in [0.1, 0.15) is 29.7 Å². The van der Waals surface area contributed by atoms with Gasteiger partial charge in [-0.15, -0.1) is 11.3 Å². The van der Waals surface area contributed by atoms with Crippen LogP contribution in [-0.2, 0) is 17.6 Å². The summed E-state index contributed by atoms with van der Waals surface area (Å²) in [4.78, 5) is 26.5. The summed E-state index contributed by atoms with van der Waals surface area (Å²) in [5.41, 5.74) is 1.94. The number of ether oxygens (including phenoxy) is 3. The predicted octanol–water partition coefficient (Wildman–Crippen LogP) is 5.00. The fourth-order valence-electron chi connectivity index (χ4n) is 3.78. The molecule has 1 heterocycles. The maximum absolute atomic E-state index is 12.8. The summed E-state index contributed by atoms with van der Waals surface area (Å²) in [6, 6.07) is 16.3. The van der Waals surface area contributed by atoms with Gasteiger partial charge in [-0.3, -0.25) is 10.1 Å². The number of carbonyl (C=O) groups is 2. The zero-order valence-corrected chi connectivity index (χ0v) is 20.9. The van der Waals surface area contributed by atoms with Crippen LogP contribution in [0.25, 0.3) is 0 Å². The summed E-state index contributed by atoms with van der Waals surface area (Å²) >= 11 is 6.84. The van der Waals surface area contributed by atoms with Crippen LogP contribution < -0.4 is 20.1 Å². The molecule has 2 aromatic carbocycles. The van der Waals surface area contributed by atoms with Crippen LogP contribution in [0.5, 0.6) is 11.5 Å². The second-order valence-corrected chi connectivity index (χ2v) is 9.24. The lowest BCUT2D eigenvalue weighted by atomic mass is 10.1. The minimum absolute atomic E-state index is 0.114. The minimum Gasteiger partial charge on any atom is -0.490 e. The number of anilines is 1. The predicted molar refractivity (Wildman–Crippen MR) is 140 cm³/mol. The van der Waals surface area contributed by atoms with Gasteiger partial charge < -0.3 is 19.5 Å². The molecule has 0 spiro atoms. The first-order valence-electron chi connectivity index (χ1n) is 11.4. The minimum atomic E-state index is -0.379. The maximum atomic E-state index is 12.8. The third kappa shape index (κ3) is 6.37. The number of thiocarbonyl (C=S) groups is 1. The Hall–Kier alpha value is -3.43. The van der Waals surface area contributed by atoms with Gasteiger partial charge in [0.05, 0.1) is 12.2 Å². The fourth-order valence-corrected chi connectivity index (χ4v) is 5.33. The van der Waals surface area contributed by atoms with Gasteiger partial charge in [0.25, 0.3) is 5.91 Å². The van der Waals surface area contributed by atoms with Crippen LogP contribution >= 0.6 is 23.6 Å². The Morgan fingerprint density at radius 1 is 1.00 bits per heavy atom. The average Bonchev–Trinajstić information content (AvgIpc) is 3.43. The first-order chi connectivity index (χ1) is 17.0. The largest absolute Gasteiger partial charge is 0.490 e. The normalized spacial score (nSPS) is 11.9. The van der Waals surface area contributed by atoms with Gasteiger partial charge in [0, 0.05) is 10.4 Å². The third-order valence-electron chi connectivity index (χ3n) is 5.32. The number of para-hydroxylation sites is 1. The highest BCUT2D eigenvalue weighted by atomic mass is 32.1. The first-order valence-corrected chi connectivity index (χ1v) is 12.6. The molecule has 1 aromatic heterocycles. The van der Waals surface area contributed by atoms with Gasteiger partial charge in [0.2, 0.25) is 0 Å². The van der Waals surface area contributed by atoms with E-state index < -0.39 is 0 Å². The zero-order valence-electron chi connectivity index (χ0n) is 19.3. The van der Waals surface area contributed by atoms with Crippen molar-refractivity contribution in [3.8, 4) is 11.5 Å². The maximum Gasteiger partial charge on any atom is 0.341 e. The molecule has 7 nitrogen and oxygen atoms in total. The van der Waals surface area contributed by atoms with Crippen LogP contribution in [0.1, 0.15) is 44.5 Å². The molecule has 0 radical (unpaired) electrons. The van der Waals surface area contributed by atoms with E-state index in [-0.39, 0.29) is 17.0 Å². The summed E-state index contributed by atoms with van der Waals surface area (Å²) in [5, 5.41) is 6.42. The molecular weight excluding hydrogens is 484 g/mol. The van der Waals surface area contributed by atoms with Gasteiger partial charge >= 0.3 is 5.97 Å². The van der Waals surface area contributed by atoms with E-state index in [9.17, 15) is 9.59 Å². The molecule has 182 valence electrons. The van der Waals surface area contributed by atoms with Crippen molar-refractivity contribution in [2.45, 2.75) is 26.2 Å². The Bertz CT molecular complexity index is 1210. The van der Waals surface area contributed by atoms with Gasteiger partial charge in [-0.25, -0.2) is 4.79 Å². The number of rotatable bonds is 9. The lowest BCUT2D eigenvalue weighted by molar-refractivity contribution is 0.0527. The molecular formula is C26H26N2O5S2. The van der Waals surface area contributed by atoms with E-state index in [2.05, 4.69) is 10.6 Å². The molecule has 1 aliphatic carbocycles. The molecule has 0 saturated heterocycles. The number of esters is 1. The third-order valence-corrected chi connectivity index (χ3v) is 6.73.